The van der Waals surface area contributed by atoms with Crippen LogP contribution in [0.5, 0.6) is 0 Å². The number of fused-ring (bicyclic) bond motifs is 1. The molecule has 0 saturated heterocycles. The predicted octanol–water partition coefficient (Wildman–Crippen LogP) is 1.92. The van der Waals surface area contributed by atoms with Gasteiger partial charge in [0, 0.05) is 11.6 Å². The van der Waals surface area contributed by atoms with E-state index in [0.717, 1.165) is 5.39 Å². The Kier molecular flexibility index (Phi) is 2.78. The zero-order valence-electron chi connectivity index (χ0n) is 6.64. The zero-order valence-corrected chi connectivity index (χ0v) is 7.45. The highest BCUT2D eigenvalue weighted by Gasteiger charge is 1.95. The van der Waals surface area contributed by atoms with Crippen molar-refractivity contribution in [3.05, 3.63) is 36.2 Å². The normalized spacial score (nSPS) is 8.85. The molecule has 64 valence electrons. The zero-order chi connectivity index (χ0) is 8.39. The average molecular weight is 192 g/mol. The van der Waals surface area contributed by atoms with E-state index in [1.54, 1.807) is 12.3 Å². The molecule has 0 unspecified atom stereocenters. The smallest absolute Gasteiger partial charge is 0.160 e. The minimum Gasteiger partial charge on any atom is -0.237 e. The van der Waals surface area contributed by atoms with Crippen molar-refractivity contribution in [2.45, 2.75) is 0 Å². The maximum absolute atomic E-state index is 8.56. The van der Waals surface area contributed by atoms with Crippen LogP contribution in [0.15, 0.2) is 30.5 Å². The molecule has 0 saturated carbocycles. The quantitative estimate of drug-likeness (QED) is 0.639. The molecule has 2 heterocycles. The van der Waals surface area contributed by atoms with Crippen molar-refractivity contribution in [2.24, 2.45) is 0 Å². The van der Waals surface area contributed by atoms with Crippen LogP contribution in [0.2, 0.25) is 0 Å². The van der Waals surface area contributed by atoms with Crippen molar-refractivity contribution < 1.29 is 0 Å². The second-order valence-electron chi connectivity index (χ2n) is 2.36. The average Bonchev–Trinajstić information content (AvgIpc) is 2.17. The molecule has 0 N–H and O–H groups in total. The highest BCUT2D eigenvalue weighted by atomic mass is 35.5. The molecule has 0 aliphatic heterocycles. The highest BCUT2D eigenvalue weighted by molar-refractivity contribution is 5.85. The van der Waals surface area contributed by atoms with Crippen LogP contribution in [0.25, 0.3) is 11.0 Å². The maximum atomic E-state index is 8.56. The number of hydrogen-bond donors (Lipinski definition) is 0. The standard InChI is InChI=1S/C9H5N3.ClH/c10-6-8-4-3-7-2-1-5-11-9(7)12-8;/h1-5H;1H. The minimum atomic E-state index is 0. The van der Waals surface area contributed by atoms with Crippen molar-refractivity contribution in [3.8, 4) is 6.07 Å². The van der Waals surface area contributed by atoms with Crippen molar-refractivity contribution in [2.75, 3.05) is 0 Å². The topological polar surface area (TPSA) is 49.6 Å². The van der Waals surface area contributed by atoms with E-state index in [0.29, 0.717) is 11.3 Å². The first kappa shape index (κ1) is 9.43. The van der Waals surface area contributed by atoms with Gasteiger partial charge < -0.3 is 0 Å². The molecular weight excluding hydrogens is 186 g/mol. The van der Waals surface area contributed by atoms with Gasteiger partial charge in [-0.25, -0.2) is 9.97 Å². The van der Waals surface area contributed by atoms with E-state index in [9.17, 15) is 0 Å². The van der Waals surface area contributed by atoms with Gasteiger partial charge in [-0.1, -0.05) is 0 Å². The summed E-state index contributed by atoms with van der Waals surface area (Å²) in [7, 11) is 0. The number of nitriles is 1. The number of pyridine rings is 2. The summed E-state index contributed by atoms with van der Waals surface area (Å²) in [6.45, 7) is 0. The van der Waals surface area contributed by atoms with Gasteiger partial charge in [0.25, 0.3) is 0 Å². The van der Waals surface area contributed by atoms with Gasteiger partial charge in [0.05, 0.1) is 0 Å². The third-order valence-corrected chi connectivity index (χ3v) is 1.58. The van der Waals surface area contributed by atoms with Crippen LogP contribution in [-0.2, 0) is 0 Å². The van der Waals surface area contributed by atoms with E-state index < -0.39 is 0 Å². The Hall–Kier alpha value is -1.66. The Labute approximate surface area is 81.5 Å². The summed E-state index contributed by atoms with van der Waals surface area (Å²) < 4.78 is 0. The predicted molar refractivity (Wildman–Crippen MR) is 51.5 cm³/mol. The summed E-state index contributed by atoms with van der Waals surface area (Å²) >= 11 is 0. The summed E-state index contributed by atoms with van der Waals surface area (Å²) in [5, 5.41) is 9.51. The maximum Gasteiger partial charge on any atom is 0.160 e. The summed E-state index contributed by atoms with van der Waals surface area (Å²) in [6.07, 6.45) is 1.66. The van der Waals surface area contributed by atoms with Crippen LogP contribution < -0.4 is 0 Å². The van der Waals surface area contributed by atoms with E-state index in [1.807, 2.05) is 24.3 Å². The van der Waals surface area contributed by atoms with Gasteiger partial charge in [-0.15, -0.1) is 12.4 Å². The number of nitrogens with zero attached hydrogens (tertiary/aromatic N) is 3. The Balaban J connectivity index is 0.000000845. The lowest BCUT2D eigenvalue weighted by atomic mass is 10.2. The van der Waals surface area contributed by atoms with Crippen LogP contribution in [0.3, 0.4) is 0 Å². The van der Waals surface area contributed by atoms with Crippen molar-refractivity contribution in [1.29, 1.82) is 5.26 Å². The molecule has 0 spiro atoms. The molecule has 0 atom stereocenters. The lowest BCUT2D eigenvalue weighted by Crippen LogP contribution is -1.85. The van der Waals surface area contributed by atoms with Gasteiger partial charge in [0.1, 0.15) is 11.8 Å². The SMILES string of the molecule is Cl.N#Cc1ccc2cccnc2n1. The van der Waals surface area contributed by atoms with Gasteiger partial charge in [0.2, 0.25) is 0 Å². The fourth-order valence-electron chi connectivity index (χ4n) is 1.02. The third-order valence-electron chi connectivity index (χ3n) is 1.58. The Morgan fingerprint density at radius 2 is 2.08 bits per heavy atom. The molecule has 2 aromatic heterocycles. The molecule has 0 aliphatic carbocycles. The van der Waals surface area contributed by atoms with Crippen molar-refractivity contribution in [3.63, 3.8) is 0 Å². The van der Waals surface area contributed by atoms with Gasteiger partial charge in [-0.3, -0.25) is 0 Å². The van der Waals surface area contributed by atoms with E-state index in [2.05, 4.69) is 9.97 Å². The summed E-state index contributed by atoms with van der Waals surface area (Å²) in [5.41, 5.74) is 1.03. The fourth-order valence-corrected chi connectivity index (χ4v) is 1.02. The lowest BCUT2D eigenvalue weighted by molar-refractivity contribution is 1.25. The van der Waals surface area contributed by atoms with Crippen LogP contribution in [0.1, 0.15) is 5.69 Å². The van der Waals surface area contributed by atoms with Gasteiger partial charge in [0.15, 0.2) is 5.65 Å². The van der Waals surface area contributed by atoms with Crippen LogP contribution >= 0.6 is 12.4 Å². The monoisotopic (exact) mass is 191 g/mol. The first-order valence-electron chi connectivity index (χ1n) is 3.52. The molecule has 3 nitrogen and oxygen atoms in total. The number of aromatic nitrogens is 2. The summed E-state index contributed by atoms with van der Waals surface area (Å²) in [4.78, 5) is 8.05. The molecule has 2 aromatic rings. The third kappa shape index (κ3) is 1.74. The number of halogens is 1. The van der Waals surface area contributed by atoms with Crippen LogP contribution in [0, 0.1) is 11.3 Å². The van der Waals surface area contributed by atoms with E-state index in [4.69, 9.17) is 5.26 Å². The van der Waals surface area contributed by atoms with Crippen molar-refractivity contribution in [1.82, 2.24) is 9.97 Å². The second kappa shape index (κ2) is 3.83. The summed E-state index contributed by atoms with van der Waals surface area (Å²) in [6, 6.07) is 9.25. The summed E-state index contributed by atoms with van der Waals surface area (Å²) in [5.74, 6) is 0. The first-order chi connectivity index (χ1) is 5.90. The van der Waals surface area contributed by atoms with E-state index in [1.165, 1.54) is 0 Å². The molecule has 0 amide bonds. The molecule has 2 rings (SSSR count). The number of hydrogen-bond acceptors (Lipinski definition) is 3. The largest absolute Gasteiger partial charge is 0.237 e. The molecule has 0 aliphatic rings. The van der Waals surface area contributed by atoms with E-state index >= 15 is 0 Å². The molecule has 0 aromatic carbocycles. The Bertz CT molecular complexity index is 462. The molecular formula is C9H6ClN3. The van der Waals surface area contributed by atoms with Crippen LogP contribution in [0.4, 0.5) is 0 Å². The van der Waals surface area contributed by atoms with Gasteiger partial charge in [-0.05, 0) is 24.3 Å². The lowest BCUT2D eigenvalue weighted by Gasteiger charge is -1.93. The molecule has 0 fully saturated rings. The minimum absolute atomic E-state index is 0. The van der Waals surface area contributed by atoms with Crippen LogP contribution in [-0.4, -0.2) is 9.97 Å². The molecule has 4 heteroatoms. The Morgan fingerprint density at radius 1 is 1.23 bits per heavy atom. The second-order valence-corrected chi connectivity index (χ2v) is 2.36. The molecule has 0 radical (unpaired) electrons. The highest BCUT2D eigenvalue weighted by Crippen LogP contribution is 2.07. The van der Waals surface area contributed by atoms with E-state index in [-0.39, 0.29) is 12.4 Å². The number of rotatable bonds is 0. The Morgan fingerprint density at radius 3 is 2.85 bits per heavy atom. The molecule has 13 heavy (non-hydrogen) atoms. The van der Waals surface area contributed by atoms with Gasteiger partial charge in [-0.2, -0.15) is 5.26 Å². The first-order valence-corrected chi connectivity index (χ1v) is 3.52. The van der Waals surface area contributed by atoms with Crippen molar-refractivity contribution >= 4 is 23.4 Å². The fraction of sp³-hybridized carbons (Fsp3) is 0. The molecule has 0 bridgehead atoms. The van der Waals surface area contributed by atoms with Gasteiger partial charge >= 0.3 is 0 Å².